The molecule has 0 aromatic rings. The van der Waals surface area contributed by atoms with Crippen LogP contribution in [0.25, 0.3) is 0 Å². The smallest absolute Gasteiger partial charge is 0.212 e. The van der Waals surface area contributed by atoms with E-state index in [4.69, 9.17) is 0 Å². The molecular formula is C10H16INO2S. The molecule has 2 aliphatic rings. The minimum absolute atomic E-state index is 0.0957. The molecule has 0 radical (unpaired) electrons. The number of halogens is 1. The summed E-state index contributed by atoms with van der Waals surface area (Å²) < 4.78 is 27.3. The lowest BCUT2D eigenvalue weighted by atomic mass is 10.3. The number of hydrogen-bond acceptors (Lipinski definition) is 2. The van der Waals surface area contributed by atoms with Gasteiger partial charge in [0.15, 0.2) is 0 Å². The van der Waals surface area contributed by atoms with E-state index in [0.29, 0.717) is 13.1 Å². The lowest BCUT2D eigenvalue weighted by Gasteiger charge is -2.27. The van der Waals surface area contributed by atoms with Gasteiger partial charge in [0.05, 0.1) is 5.25 Å². The van der Waals surface area contributed by atoms with Gasteiger partial charge in [0.1, 0.15) is 0 Å². The van der Waals surface area contributed by atoms with Crippen molar-refractivity contribution in [2.24, 2.45) is 0 Å². The molecular weight excluding hydrogens is 325 g/mol. The fraction of sp³-hybridized carbons (Fsp3) is 0.800. The van der Waals surface area contributed by atoms with E-state index in [-0.39, 0.29) is 5.25 Å². The Morgan fingerprint density at radius 1 is 1.33 bits per heavy atom. The van der Waals surface area contributed by atoms with Gasteiger partial charge in [0, 0.05) is 13.1 Å². The maximum Gasteiger partial charge on any atom is 0.217 e. The van der Waals surface area contributed by atoms with Gasteiger partial charge < -0.3 is 0 Å². The van der Waals surface area contributed by atoms with Crippen molar-refractivity contribution in [3.05, 3.63) is 9.66 Å². The van der Waals surface area contributed by atoms with Crippen LogP contribution in [0.2, 0.25) is 0 Å². The average molecular weight is 341 g/mol. The summed E-state index contributed by atoms with van der Waals surface area (Å²) in [5.74, 6) is 0. The molecule has 5 heteroatoms. The summed E-state index contributed by atoms with van der Waals surface area (Å²) in [6, 6.07) is 0. The zero-order chi connectivity index (χ0) is 10.9. The summed E-state index contributed by atoms with van der Waals surface area (Å²) in [6.45, 7) is 1.25. The Kier molecular flexibility index (Phi) is 3.72. The zero-order valence-corrected chi connectivity index (χ0v) is 11.6. The molecule has 0 atom stereocenters. The molecule has 0 aromatic carbocycles. The van der Waals surface area contributed by atoms with E-state index in [1.54, 1.807) is 4.31 Å². The van der Waals surface area contributed by atoms with Gasteiger partial charge in [0.2, 0.25) is 10.0 Å². The van der Waals surface area contributed by atoms with Crippen LogP contribution in [0.1, 0.15) is 32.1 Å². The monoisotopic (exact) mass is 341 g/mol. The first kappa shape index (κ1) is 11.9. The fourth-order valence-electron chi connectivity index (χ4n) is 2.25. The Hall–Kier alpha value is 0.380. The van der Waals surface area contributed by atoms with E-state index in [9.17, 15) is 8.42 Å². The zero-order valence-electron chi connectivity index (χ0n) is 8.65. The van der Waals surface area contributed by atoms with E-state index in [0.717, 1.165) is 32.1 Å². The molecule has 1 aliphatic carbocycles. The molecule has 0 unspecified atom stereocenters. The van der Waals surface area contributed by atoms with Crippen LogP contribution in [0.3, 0.4) is 0 Å². The highest BCUT2D eigenvalue weighted by atomic mass is 127. The number of sulfonamides is 1. The van der Waals surface area contributed by atoms with Crippen LogP contribution in [0.4, 0.5) is 0 Å². The first-order valence-corrected chi connectivity index (χ1v) is 8.02. The SMILES string of the molecule is O=S(=O)(C1CCCC1)N1CC=C(I)CC1. The third kappa shape index (κ3) is 2.55. The Morgan fingerprint density at radius 3 is 2.53 bits per heavy atom. The second-order valence-electron chi connectivity index (χ2n) is 4.21. The summed E-state index contributed by atoms with van der Waals surface area (Å²) in [4.78, 5) is 0. The molecule has 1 aliphatic heterocycles. The van der Waals surface area contributed by atoms with E-state index in [1.165, 1.54) is 3.58 Å². The molecule has 0 bridgehead atoms. The standard InChI is InChI=1S/C10H16INO2S/c11-9-5-7-12(8-6-9)15(13,14)10-3-1-2-4-10/h5,10H,1-4,6-8H2. The van der Waals surface area contributed by atoms with Gasteiger partial charge in [-0.05, 0) is 45.4 Å². The molecule has 86 valence electrons. The topological polar surface area (TPSA) is 37.4 Å². The fourth-order valence-corrected chi connectivity index (χ4v) is 4.67. The molecule has 3 nitrogen and oxygen atoms in total. The van der Waals surface area contributed by atoms with Gasteiger partial charge in [0.25, 0.3) is 0 Å². The van der Waals surface area contributed by atoms with Gasteiger partial charge in [-0.3, -0.25) is 0 Å². The molecule has 1 saturated carbocycles. The second kappa shape index (κ2) is 4.71. The van der Waals surface area contributed by atoms with Crippen LogP contribution < -0.4 is 0 Å². The van der Waals surface area contributed by atoms with Crippen molar-refractivity contribution in [3.8, 4) is 0 Å². The Balaban J connectivity index is 2.09. The van der Waals surface area contributed by atoms with E-state index in [1.807, 2.05) is 6.08 Å². The largest absolute Gasteiger partial charge is 0.217 e. The molecule has 0 amide bonds. The maximum atomic E-state index is 12.2. The van der Waals surface area contributed by atoms with Crippen LogP contribution in [0.15, 0.2) is 9.66 Å². The summed E-state index contributed by atoms with van der Waals surface area (Å²) >= 11 is 2.28. The predicted octanol–water partition coefficient (Wildman–Crippen LogP) is 2.28. The van der Waals surface area contributed by atoms with Crippen molar-refractivity contribution >= 4 is 32.6 Å². The minimum atomic E-state index is -3.00. The van der Waals surface area contributed by atoms with Gasteiger partial charge in [-0.1, -0.05) is 18.9 Å². The van der Waals surface area contributed by atoms with Crippen molar-refractivity contribution in [1.82, 2.24) is 4.31 Å². The summed E-state index contributed by atoms with van der Waals surface area (Å²) in [5, 5.41) is -0.0957. The molecule has 0 aromatic heterocycles. The van der Waals surface area contributed by atoms with Gasteiger partial charge >= 0.3 is 0 Å². The maximum absolute atomic E-state index is 12.2. The molecule has 0 saturated heterocycles. The third-order valence-electron chi connectivity index (χ3n) is 3.20. The Labute approximate surface area is 105 Å². The molecule has 1 heterocycles. The van der Waals surface area contributed by atoms with Crippen molar-refractivity contribution < 1.29 is 8.42 Å². The van der Waals surface area contributed by atoms with E-state index in [2.05, 4.69) is 22.6 Å². The van der Waals surface area contributed by atoms with Gasteiger partial charge in [-0.2, -0.15) is 4.31 Å². The van der Waals surface area contributed by atoms with Crippen molar-refractivity contribution in [1.29, 1.82) is 0 Å². The highest BCUT2D eigenvalue weighted by molar-refractivity contribution is 14.1. The van der Waals surface area contributed by atoms with E-state index >= 15 is 0 Å². The predicted molar refractivity (Wildman–Crippen MR) is 69.5 cm³/mol. The van der Waals surface area contributed by atoms with Crippen LogP contribution in [-0.4, -0.2) is 31.1 Å². The van der Waals surface area contributed by atoms with Crippen LogP contribution in [-0.2, 0) is 10.0 Å². The first-order valence-electron chi connectivity index (χ1n) is 5.44. The first-order chi connectivity index (χ1) is 7.10. The minimum Gasteiger partial charge on any atom is -0.212 e. The Bertz CT molecular complexity index is 358. The lowest BCUT2D eigenvalue weighted by Crippen LogP contribution is -2.39. The second-order valence-corrected chi connectivity index (χ2v) is 7.81. The molecule has 2 rings (SSSR count). The number of hydrogen-bond donors (Lipinski definition) is 0. The summed E-state index contributed by atoms with van der Waals surface area (Å²) in [5.41, 5.74) is 0. The van der Waals surface area contributed by atoms with Crippen molar-refractivity contribution in [3.63, 3.8) is 0 Å². The molecule has 1 fully saturated rings. The van der Waals surface area contributed by atoms with Crippen molar-refractivity contribution in [2.75, 3.05) is 13.1 Å². The van der Waals surface area contributed by atoms with Crippen LogP contribution in [0, 0.1) is 0 Å². The van der Waals surface area contributed by atoms with Crippen molar-refractivity contribution in [2.45, 2.75) is 37.4 Å². The quantitative estimate of drug-likeness (QED) is 0.723. The lowest BCUT2D eigenvalue weighted by molar-refractivity contribution is 0.427. The average Bonchev–Trinajstić information content (AvgIpc) is 2.71. The summed E-state index contributed by atoms with van der Waals surface area (Å²) in [7, 11) is -3.00. The summed E-state index contributed by atoms with van der Waals surface area (Å²) in [6.07, 6.45) is 6.78. The van der Waals surface area contributed by atoms with E-state index < -0.39 is 10.0 Å². The highest BCUT2D eigenvalue weighted by Gasteiger charge is 2.34. The number of rotatable bonds is 2. The molecule has 15 heavy (non-hydrogen) atoms. The molecule has 0 N–H and O–H groups in total. The highest BCUT2D eigenvalue weighted by Crippen LogP contribution is 2.29. The Morgan fingerprint density at radius 2 is 2.00 bits per heavy atom. The van der Waals surface area contributed by atoms with Gasteiger partial charge in [-0.15, -0.1) is 0 Å². The van der Waals surface area contributed by atoms with Gasteiger partial charge in [-0.25, -0.2) is 8.42 Å². The van der Waals surface area contributed by atoms with Crippen LogP contribution in [0.5, 0.6) is 0 Å². The number of nitrogens with zero attached hydrogens (tertiary/aromatic N) is 1. The third-order valence-corrected chi connectivity index (χ3v) is 6.54. The van der Waals surface area contributed by atoms with Crippen LogP contribution >= 0.6 is 22.6 Å². The normalized spacial score (nSPS) is 25.5. The molecule has 0 spiro atoms.